The predicted octanol–water partition coefficient (Wildman–Crippen LogP) is 1.31. The van der Waals surface area contributed by atoms with Gasteiger partial charge in [0.15, 0.2) is 0 Å². The number of aliphatic hydroxyl groups is 1. The van der Waals surface area contributed by atoms with Crippen molar-refractivity contribution < 1.29 is 9.90 Å². The number of rotatable bonds is 7. The lowest BCUT2D eigenvalue weighted by atomic mass is 10.1. The van der Waals surface area contributed by atoms with E-state index < -0.39 is 0 Å². The van der Waals surface area contributed by atoms with Gasteiger partial charge in [0, 0.05) is 44.3 Å². The Labute approximate surface area is 140 Å². The van der Waals surface area contributed by atoms with Gasteiger partial charge in [0.05, 0.1) is 13.2 Å². The molecule has 0 spiro atoms. The van der Waals surface area contributed by atoms with Crippen LogP contribution in [0.2, 0.25) is 0 Å². The predicted molar refractivity (Wildman–Crippen MR) is 91.3 cm³/mol. The summed E-state index contributed by atoms with van der Waals surface area (Å²) in [5, 5.41) is 9.44. The molecule has 0 aromatic rings. The molecular weight excluding hydrogens is 290 g/mol. The molecule has 0 aromatic carbocycles. The molecule has 0 radical (unpaired) electrons. The number of hydrogen-bond donors (Lipinski definition) is 1. The van der Waals surface area contributed by atoms with Gasteiger partial charge in [-0.25, -0.2) is 0 Å². The third kappa shape index (κ3) is 4.25. The van der Waals surface area contributed by atoms with E-state index in [9.17, 15) is 9.90 Å². The average Bonchev–Trinajstić information content (AvgIpc) is 3.24. The summed E-state index contributed by atoms with van der Waals surface area (Å²) >= 11 is 0. The maximum absolute atomic E-state index is 12.8. The lowest BCUT2D eigenvalue weighted by Gasteiger charge is -2.39. The number of nitrogens with zero attached hydrogens (tertiary/aromatic N) is 3. The lowest BCUT2D eigenvalue weighted by molar-refractivity contribution is -0.136. The highest BCUT2D eigenvalue weighted by molar-refractivity contribution is 5.79. The Morgan fingerprint density at radius 1 is 1.09 bits per heavy atom. The van der Waals surface area contributed by atoms with Gasteiger partial charge in [0.1, 0.15) is 0 Å². The van der Waals surface area contributed by atoms with Gasteiger partial charge in [0.2, 0.25) is 5.91 Å². The van der Waals surface area contributed by atoms with Crippen molar-refractivity contribution in [2.24, 2.45) is 0 Å². The number of amides is 1. The zero-order chi connectivity index (χ0) is 16.2. The Morgan fingerprint density at radius 3 is 2.22 bits per heavy atom. The van der Waals surface area contributed by atoms with Crippen LogP contribution in [0.25, 0.3) is 0 Å². The van der Waals surface area contributed by atoms with Gasteiger partial charge in [-0.05, 0) is 32.1 Å². The second-order valence-electron chi connectivity index (χ2n) is 7.53. The van der Waals surface area contributed by atoms with E-state index in [0.717, 1.165) is 32.6 Å². The van der Waals surface area contributed by atoms with Crippen LogP contribution < -0.4 is 0 Å². The molecule has 1 unspecified atom stereocenters. The first-order valence-electron chi connectivity index (χ1n) is 9.61. The fourth-order valence-electron chi connectivity index (χ4n) is 4.30. The van der Waals surface area contributed by atoms with E-state index in [2.05, 4.69) is 21.6 Å². The molecule has 1 heterocycles. The monoisotopic (exact) mass is 323 g/mol. The molecule has 1 saturated heterocycles. The van der Waals surface area contributed by atoms with E-state index in [1.165, 1.54) is 38.5 Å². The molecule has 3 fully saturated rings. The van der Waals surface area contributed by atoms with Gasteiger partial charge < -0.3 is 10.0 Å². The van der Waals surface area contributed by atoms with Crippen LogP contribution in [0.3, 0.4) is 0 Å². The average molecular weight is 323 g/mol. The first kappa shape index (κ1) is 17.2. The van der Waals surface area contributed by atoms with Gasteiger partial charge in [-0.3, -0.25) is 14.6 Å². The minimum Gasteiger partial charge on any atom is -0.395 e. The minimum atomic E-state index is 0.243. The summed E-state index contributed by atoms with van der Waals surface area (Å²) in [4.78, 5) is 19.8. The second kappa shape index (κ2) is 7.95. The fraction of sp³-hybridized carbons (Fsp3) is 0.944. The summed E-state index contributed by atoms with van der Waals surface area (Å²) in [5.41, 5.74) is 0. The largest absolute Gasteiger partial charge is 0.395 e. The van der Waals surface area contributed by atoms with E-state index in [-0.39, 0.29) is 12.6 Å². The third-order valence-electron chi connectivity index (χ3n) is 5.91. The maximum atomic E-state index is 12.8. The highest BCUT2D eigenvalue weighted by Crippen LogP contribution is 2.34. The van der Waals surface area contributed by atoms with Crippen molar-refractivity contribution in [2.45, 2.75) is 70.0 Å². The molecule has 1 amide bonds. The SMILES string of the molecule is CCC(CO)N1CCN(CC(=O)N(C2CCCC2)C2CC2)CC1. The van der Waals surface area contributed by atoms with Crippen molar-refractivity contribution in [3.8, 4) is 0 Å². The quantitative estimate of drug-likeness (QED) is 0.767. The highest BCUT2D eigenvalue weighted by Gasteiger charge is 2.38. The standard InChI is InChI=1S/C18H33N3O2/c1-2-15(14-22)20-11-9-19(10-12-20)13-18(23)21(17-7-8-17)16-5-3-4-6-16/h15-17,22H,2-14H2,1H3. The number of piperazine rings is 1. The van der Waals surface area contributed by atoms with E-state index in [0.29, 0.717) is 24.5 Å². The number of carbonyl (C=O) groups excluding carboxylic acids is 1. The van der Waals surface area contributed by atoms with Gasteiger partial charge in [-0.2, -0.15) is 0 Å². The lowest BCUT2D eigenvalue weighted by Crippen LogP contribution is -2.54. The van der Waals surface area contributed by atoms with E-state index in [1.54, 1.807) is 0 Å². The van der Waals surface area contributed by atoms with Crippen LogP contribution in [-0.4, -0.2) is 83.2 Å². The van der Waals surface area contributed by atoms with Crippen LogP contribution in [0.15, 0.2) is 0 Å². The Morgan fingerprint density at radius 2 is 1.70 bits per heavy atom. The van der Waals surface area contributed by atoms with Crippen molar-refractivity contribution in [3.05, 3.63) is 0 Å². The number of carbonyl (C=O) groups is 1. The van der Waals surface area contributed by atoms with Gasteiger partial charge in [-0.1, -0.05) is 19.8 Å². The van der Waals surface area contributed by atoms with Gasteiger partial charge in [0.25, 0.3) is 0 Å². The number of aliphatic hydroxyl groups excluding tert-OH is 1. The molecule has 1 atom stereocenters. The summed E-state index contributed by atoms with van der Waals surface area (Å²) in [6.45, 7) is 6.81. The Bertz CT molecular complexity index is 382. The zero-order valence-electron chi connectivity index (χ0n) is 14.6. The van der Waals surface area contributed by atoms with Crippen molar-refractivity contribution >= 4 is 5.91 Å². The first-order chi connectivity index (χ1) is 11.2. The third-order valence-corrected chi connectivity index (χ3v) is 5.91. The van der Waals surface area contributed by atoms with Crippen LogP contribution >= 0.6 is 0 Å². The van der Waals surface area contributed by atoms with Crippen LogP contribution in [-0.2, 0) is 4.79 Å². The van der Waals surface area contributed by atoms with E-state index >= 15 is 0 Å². The fourth-order valence-corrected chi connectivity index (χ4v) is 4.30. The molecule has 1 aliphatic heterocycles. The van der Waals surface area contributed by atoms with Gasteiger partial charge in [-0.15, -0.1) is 0 Å². The molecule has 1 N–H and O–H groups in total. The Hall–Kier alpha value is -0.650. The number of hydrogen-bond acceptors (Lipinski definition) is 4. The minimum absolute atomic E-state index is 0.243. The van der Waals surface area contributed by atoms with E-state index in [4.69, 9.17) is 0 Å². The summed E-state index contributed by atoms with van der Waals surface area (Å²) in [6, 6.07) is 1.36. The molecule has 0 bridgehead atoms. The molecule has 3 aliphatic rings. The summed E-state index contributed by atoms with van der Waals surface area (Å²) in [6.07, 6.45) is 8.43. The van der Waals surface area contributed by atoms with Crippen molar-refractivity contribution in [2.75, 3.05) is 39.3 Å². The van der Waals surface area contributed by atoms with Crippen molar-refractivity contribution in [3.63, 3.8) is 0 Å². The van der Waals surface area contributed by atoms with Crippen LogP contribution in [0.4, 0.5) is 0 Å². The molecule has 0 aromatic heterocycles. The molecule has 2 saturated carbocycles. The normalized spacial score (nSPS) is 25.7. The molecule has 2 aliphatic carbocycles. The maximum Gasteiger partial charge on any atom is 0.237 e. The van der Waals surface area contributed by atoms with Gasteiger partial charge >= 0.3 is 0 Å². The van der Waals surface area contributed by atoms with Crippen LogP contribution in [0.1, 0.15) is 51.9 Å². The highest BCUT2D eigenvalue weighted by atomic mass is 16.3. The second-order valence-corrected chi connectivity index (χ2v) is 7.53. The molecule has 132 valence electrons. The summed E-state index contributed by atoms with van der Waals surface area (Å²) in [5.74, 6) is 0.363. The van der Waals surface area contributed by atoms with E-state index in [1.807, 2.05) is 0 Å². The summed E-state index contributed by atoms with van der Waals surface area (Å²) in [7, 11) is 0. The molecule has 23 heavy (non-hydrogen) atoms. The molecule has 5 nitrogen and oxygen atoms in total. The molecule has 3 rings (SSSR count). The zero-order valence-corrected chi connectivity index (χ0v) is 14.6. The Kier molecular flexibility index (Phi) is 5.94. The van der Waals surface area contributed by atoms with Crippen LogP contribution in [0.5, 0.6) is 0 Å². The van der Waals surface area contributed by atoms with Crippen molar-refractivity contribution in [1.82, 2.24) is 14.7 Å². The van der Waals surface area contributed by atoms with Crippen molar-refractivity contribution in [1.29, 1.82) is 0 Å². The smallest absolute Gasteiger partial charge is 0.237 e. The molecule has 5 heteroatoms. The first-order valence-corrected chi connectivity index (χ1v) is 9.61. The topological polar surface area (TPSA) is 47.0 Å². The summed E-state index contributed by atoms with van der Waals surface area (Å²) < 4.78 is 0. The Balaban J connectivity index is 1.48. The molecular formula is C18H33N3O2. The van der Waals surface area contributed by atoms with Crippen LogP contribution in [0, 0.1) is 0 Å².